The second-order valence-corrected chi connectivity index (χ2v) is 5.50. The third-order valence-electron chi connectivity index (χ3n) is 4.03. The standard InChI is InChI=1S/C14H23N3O3/c18-12-6-9-17(10-8-15-12)13(19)5-7-16-14(20)11-3-1-2-4-11/h11H,1-10H2,(H,15,18)(H,16,20). The maximum Gasteiger partial charge on any atom is 0.224 e. The highest BCUT2D eigenvalue weighted by Gasteiger charge is 2.23. The van der Waals surface area contributed by atoms with Gasteiger partial charge in [0.1, 0.15) is 0 Å². The molecule has 0 aromatic heterocycles. The van der Waals surface area contributed by atoms with E-state index in [0.29, 0.717) is 39.0 Å². The first-order valence-corrected chi connectivity index (χ1v) is 7.49. The number of amides is 3. The minimum atomic E-state index is -0.00478. The van der Waals surface area contributed by atoms with E-state index in [1.807, 2.05) is 0 Å². The third kappa shape index (κ3) is 4.21. The molecular weight excluding hydrogens is 258 g/mol. The normalized spacial score (nSPS) is 20.4. The van der Waals surface area contributed by atoms with E-state index in [1.165, 1.54) is 0 Å². The largest absolute Gasteiger partial charge is 0.355 e. The van der Waals surface area contributed by atoms with Gasteiger partial charge in [-0.25, -0.2) is 0 Å². The lowest BCUT2D eigenvalue weighted by Crippen LogP contribution is -2.37. The summed E-state index contributed by atoms with van der Waals surface area (Å²) in [7, 11) is 0. The molecule has 6 heteroatoms. The van der Waals surface area contributed by atoms with Crippen LogP contribution in [0.2, 0.25) is 0 Å². The molecule has 1 aliphatic heterocycles. The fourth-order valence-electron chi connectivity index (χ4n) is 2.80. The van der Waals surface area contributed by atoms with Crippen LogP contribution in [-0.4, -0.2) is 48.8 Å². The Hall–Kier alpha value is -1.59. The van der Waals surface area contributed by atoms with Crippen LogP contribution in [0.25, 0.3) is 0 Å². The molecule has 112 valence electrons. The highest BCUT2D eigenvalue weighted by atomic mass is 16.2. The van der Waals surface area contributed by atoms with Gasteiger partial charge < -0.3 is 15.5 Å². The number of carbonyl (C=O) groups excluding carboxylic acids is 3. The summed E-state index contributed by atoms with van der Waals surface area (Å²) in [5, 5.41) is 5.59. The first-order valence-electron chi connectivity index (χ1n) is 7.49. The number of carbonyl (C=O) groups is 3. The lowest BCUT2D eigenvalue weighted by atomic mass is 10.1. The Bertz CT molecular complexity index is 378. The van der Waals surface area contributed by atoms with Gasteiger partial charge in [-0.2, -0.15) is 0 Å². The average Bonchev–Trinajstić information content (AvgIpc) is 2.88. The molecule has 3 amide bonds. The average molecular weight is 281 g/mol. The molecule has 6 nitrogen and oxygen atoms in total. The number of rotatable bonds is 4. The van der Waals surface area contributed by atoms with Crippen LogP contribution in [0.1, 0.15) is 38.5 Å². The van der Waals surface area contributed by atoms with E-state index in [0.717, 1.165) is 25.7 Å². The van der Waals surface area contributed by atoms with E-state index in [9.17, 15) is 14.4 Å². The van der Waals surface area contributed by atoms with Gasteiger partial charge in [0.2, 0.25) is 17.7 Å². The Balaban J connectivity index is 1.66. The van der Waals surface area contributed by atoms with Crippen LogP contribution < -0.4 is 10.6 Å². The van der Waals surface area contributed by atoms with Crippen molar-refractivity contribution in [3.63, 3.8) is 0 Å². The van der Waals surface area contributed by atoms with Crippen molar-refractivity contribution in [3.8, 4) is 0 Å². The SMILES string of the molecule is O=C1CCN(C(=O)CCNC(=O)C2CCCC2)CCN1. The zero-order chi connectivity index (χ0) is 14.4. The van der Waals surface area contributed by atoms with E-state index >= 15 is 0 Å². The monoisotopic (exact) mass is 281 g/mol. The van der Waals surface area contributed by atoms with Crippen LogP contribution in [0.15, 0.2) is 0 Å². The van der Waals surface area contributed by atoms with Crippen LogP contribution in [0.5, 0.6) is 0 Å². The van der Waals surface area contributed by atoms with Gasteiger partial charge in [0, 0.05) is 44.9 Å². The Labute approximate surface area is 119 Å². The molecule has 0 aromatic carbocycles. The summed E-state index contributed by atoms with van der Waals surface area (Å²) in [6.07, 6.45) is 4.88. The minimum Gasteiger partial charge on any atom is -0.355 e. The molecule has 0 unspecified atom stereocenters. The van der Waals surface area contributed by atoms with Crippen LogP contribution in [-0.2, 0) is 14.4 Å². The van der Waals surface area contributed by atoms with Gasteiger partial charge >= 0.3 is 0 Å². The predicted molar refractivity (Wildman–Crippen MR) is 73.8 cm³/mol. The number of nitrogens with zero attached hydrogens (tertiary/aromatic N) is 1. The second kappa shape index (κ2) is 7.26. The molecule has 2 rings (SSSR count). The van der Waals surface area contributed by atoms with Crippen LogP contribution in [0.3, 0.4) is 0 Å². The lowest BCUT2D eigenvalue weighted by Gasteiger charge is -2.19. The Kier molecular flexibility index (Phi) is 5.38. The van der Waals surface area contributed by atoms with Gasteiger partial charge in [-0.15, -0.1) is 0 Å². The summed E-state index contributed by atoms with van der Waals surface area (Å²) in [6, 6.07) is 0. The summed E-state index contributed by atoms with van der Waals surface area (Å²) >= 11 is 0. The summed E-state index contributed by atoms with van der Waals surface area (Å²) in [4.78, 5) is 36.7. The fourth-order valence-corrected chi connectivity index (χ4v) is 2.80. The predicted octanol–water partition coefficient (Wildman–Crippen LogP) is 0.0314. The first kappa shape index (κ1) is 14.8. The van der Waals surface area contributed by atoms with Crippen molar-refractivity contribution in [2.24, 2.45) is 5.92 Å². The second-order valence-electron chi connectivity index (χ2n) is 5.50. The van der Waals surface area contributed by atoms with Gasteiger partial charge in [-0.1, -0.05) is 12.8 Å². The fraction of sp³-hybridized carbons (Fsp3) is 0.786. The quantitative estimate of drug-likeness (QED) is 0.763. The first-order chi connectivity index (χ1) is 9.66. The van der Waals surface area contributed by atoms with E-state index < -0.39 is 0 Å². The Morgan fingerprint density at radius 3 is 2.75 bits per heavy atom. The third-order valence-corrected chi connectivity index (χ3v) is 4.03. The van der Waals surface area contributed by atoms with Crippen molar-refractivity contribution < 1.29 is 14.4 Å². The van der Waals surface area contributed by atoms with Gasteiger partial charge in [-0.05, 0) is 12.8 Å². The summed E-state index contributed by atoms with van der Waals surface area (Å²) in [6.45, 7) is 1.94. The summed E-state index contributed by atoms with van der Waals surface area (Å²) < 4.78 is 0. The van der Waals surface area contributed by atoms with Crippen molar-refractivity contribution in [2.45, 2.75) is 38.5 Å². The van der Waals surface area contributed by atoms with Crippen LogP contribution in [0, 0.1) is 5.92 Å². The van der Waals surface area contributed by atoms with Crippen molar-refractivity contribution in [3.05, 3.63) is 0 Å². The van der Waals surface area contributed by atoms with Gasteiger partial charge in [-0.3, -0.25) is 14.4 Å². The van der Waals surface area contributed by atoms with Crippen LogP contribution in [0.4, 0.5) is 0 Å². The molecule has 1 saturated heterocycles. The van der Waals surface area contributed by atoms with Crippen molar-refractivity contribution in [2.75, 3.05) is 26.2 Å². The van der Waals surface area contributed by atoms with Crippen LogP contribution >= 0.6 is 0 Å². The van der Waals surface area contributed by atoms with Crippen molar-refractivity contribution in [1.82, 2.24) is 15.5 Å². The van der Waals surface area contributed by atoms with Gasteiger partial charge in [0.15, 0.2) is 0 Å². The molecular formula is C14H23N3O3. The molecule has 0 radical (unpaired) electrons. The van der Waals surface area contributed by atoms with Crippen molar-refractivity contribution >= 4 is 17.7 Å². The molecule has 0 spiro atoms. The van der Waals surface area contributed by atoms with E-state index in [4.69, 9.17) is 0 Å². The molecule has 2 aliphatic rings. The molecule has 1 aliphatic carbocycles. The van der Waals surface area contributed by atoms with Gasteiger partial charge in [0.05, 0.1) is 0 Å². The number of hydrogen-bond donors (Lipinski definition) is 2. The maximum absolute atomic E-state index is 12.0. The molecule has 0 atom stereocenters. The zero-order valence-electron chi connectivity index (χ0n) is 11.8. The van der Waals surface area contributed by atoms with E-state index in [2.05, 4.69) is 10.6 Å². The summed E-state index contributed by atoms with van der Waals surface area (Å²) in [5.41, 5.74) is 0. The highest BCUT2D eigenvalue weighted by molar-refractivity contribution is 5.82. The Morgan fingerprint density at radius 2 is 2.00 bits per heavy atom. The van der Waals surface area contributed by atoms with E-state index in [1.54, 1.807) is 4.90 Å². The molecule has 0 bridgehead atoms. The smallest absolute Gasteiger partial charge is 0.224 e. The molecule has 2 fully saturated rings. The minimum absolute atomic E-state index is 0.00478. The lowest BCUT2D eigenvalue weighted by molar-refractivity contribution is -0.131. The zero-order valence-corrected chi connectivity index (χ0v) is 11.8. The molecule has 20 heavy (non-hydrogen) atoms. The summed E-state index contributed by atoms with van der Waals surface area (Å²) in [5.74, 6) is 0.233. The number of hydrogen-bond acceptors (Lipinski definition) is 3. The highest BCUT2D eigenvalue weighted by Crippen LogP contribution is 2.24. The van der Waals surface area contributed by atoms with Crippen molar-refractivity contribution in [1.29, 1.82) is 0 Å². The molecule has 0 aromatic rings. The Morgan fingerprint density at radius 1 is 1.25 bits per heavy atom. The maximum atomic E-state index is 12.0. The molecule has 2 N–H and O–H groups in total. The topological polar surface area (TPSA) is 78.5 Å². The number of nitrogens with one attached hydrogen (secondary N) is 2. The molecule has 1 saturated carbocycles. The van der Waals surface area contributed by atoms with E-state index in [-0.39, 0.29) is 23.6 Å². The molecule has 1 heterocycles. The van der Waals surface area contributed by atoms with Gasteiger partial charge in [0.25, 0.3) is 0 Å².